The minimum atomic E-state index is -1.02. The number of phenols is 1. The number of ether oxygens (including phenoxy) is 2. The number of hydrogen-bond acceptors (Lipinski definition) is 6. The van der Waals surface area contributed by atoms with Gasteiger partial charge >= 0.3 is 5.97 Å². The van der Waals surface area contributed by atoms with Gasteiger partial charge in [0.1, 0.15) is 0 Å². The molecule has 8 nitrogen and oxygen atoms in total. The number of aliphatic imine (C=N–C) groups is 1. The normalized spacial score (nSPS) is 12.6. The molecule has 1 heterocycles. The fourth-order valence-corrected chi connectivity index (χ4v) is 2.13. The summed E-state index contributed by atoms with van der Waals surface area (Å²) in [6.45, 7) is 0. The van der Waals surface area contributed by atoms with Gasteiger partial charge in [-0.05, 0) is 23.8 Å². The zero-order valence-corrected chi connectivity index (χ0v) is 13.8. The van der Waals surface area contributed by atoms with E-state index >= 15 is 0 Å². The van der Waals surface area contributed by atoms with Crippen LogP contribution in [0, 0.1) is 0 Å². The third-order valence-corrected chi connectivity index (χ3v) is 3.40. The van der Waals surface area contributed by atoms with E-state index in [4.69, 9.17) is 9.47 Å². The molecule has 0 aliphatic rings. The van der Waals surface area contributed by atoms with Crippen molar-refractivity contribution in [2.75, 3.05) is 14.2 Å². The number of aromatic amines is 1. The predicted molar refractivity (Wildman–Crippen MR) is 92.5 cm³/mol. The van der Waals surface area contributed by atoms with Gasteiger partial charge in [-0.3, -0.25) is 4.99 Å². The van der Waals surface area contributed by atoms with Crippen molar-refractivity contribution in [1.29, 1.82) is 0 Å². The summed E-state index contributed by atoms with van der Waals surface area (Å²) in [6, 6.07) is 2.34. The number of H-pyrrole nitrogens is 1. The Morgan fingerprint density at radius 1 is 1.36 bits per heavy atom. The number of nitrogens with zero attached hydrogens (tertiary/aromatic N) is 2. The van der Waals surface area contributed by atoms with E-state index in [2.05, 4.69) is 15.0 Å². The first kappa shape index (κ1) is 18.1. The lowest BCUT2D eigenvalue weighted by atomic mass is 10.1. The number of carboxylic acids is 1. The highest BCUT2D eigenvalue weighted by Gasteiger charge is 2.16. The second kappa shape index (κ2) is 8.53. The SMILES string of the molecule is COc1cc(/C=C/C=N[C@@H](Cc2cnc[nH]2)C(=O)O)cc(OC)c1O. The van der Waals surface area contributed by atoms with Crippen molar-refractivity contribution < 1.29 is 24.5 Å². The van der Waals surface area contributed by atoms with E-state index in [1.54, 1.807) is 30.5 Å². The van der Waals surface area contributed by atoms with E-state index in [0.717, 1.165) is 0 Å². The molecule has 0 fully saturated rings. The lowest BCUT2D eigenvalue weighted by Crippen LogP contribution is -2.20. The maximum atomic E-state index is 11.3. The molecule has 0 spiro atoms. The van der Waals surface area contributed by atoms with Crippen molar-refractivity contribution in [3.8, 4) is 17.2 Å². The highest BCUT2D eigenvalue weighted by Crippen LogP contribution is 2.37. The summed E-state index contributed by atoms with van der Waals surface area (Å²) >= 11 is 0. The Balaban J connectivity index is 2.10. The van der Waals surface area contributed by atoms with Gasteiger partial charge in [-0.25, -0.2) is 9.78 Å². The number of nitrogens with one attached hydrogen (secondary N) is 1. The Morgan fingerprint density at radius 2 is 2.04 bits per heavy atom. The topological polar surface area (TPSA) is 117 Å². The molecular formula is C17H19N3O5. The summed E-state index contributed by atoms with van der Waals surface area (Å²) in [4.78, 5) is 22.0. The molecule has 2 rings (SSSR count). The number of hydrogen-bond donors (Lipinski definition) is 3. The van der Waals surface area contributed by atoms with E-state index in [-0.39, 0.29) is 23.7 Å². The molecule has 0 amide bonds. The van der Waals surface area contributed by atoms with Crippen molar-refractivity contribution in [3.05, 3.63) is 42.0 Å². The molecule has 1 aromatic carbocycles. The summed E-state index contributed by atoms with van der Waals surface area (Å²) < 4.78 is 10.2. The molecule has 2 aromatic rings. The number of allylic oxidation sites excluding steroid dienone is 1. The van der Waals surface area contributed by atoms with Crippen molar-refractivity contribution >= 4 is 18.3 Å². The maximum absolute atomic E-state index is 11.3. The molecule has 3 N–H and O–H groups in total. The number of rotatable bonds is 8. The number of phenolic OH excluding ortho intramolecular Hbond substituents is 1. The summed E-state index contributed by atoms with van der Waals surface area (Å²) in [5.41, 5.74) is 1.40. The van der Waals surface area contributed by atoms with Crippen LogP contribution in [-0.2, 0) is 11.2 Å². The standard InChI is InChI=1S/C17H19N3O5/c1-24-14-6-11(7-15(25-2)16(14)21)4-3-5-19-13(17(22)23)8-12-9-18-10-20-12/h3-7,9-10,13,21H,8H2,1-2H3,(H,18,20)(H,22,23)/b4-3+,19-5?/t13-/m0/s1. The Morgan fingerprint density at radius 3 is 2.56 bits per heavy atom. The fourth-order valence-electron chi connectivity index (χ4n) is 2.13. The maximum Gasteiger partial charge on any atom is 0.328 e. The molecule has 0 bridgehead atoms. The highest BCUT2D eigenvalue weighted by molar-refractivity contribution is 5.82. The van der Waals surface area contributed by atoms with Crippen LogP contribution in [0.4, 0.5) is 0 Å². The van der Waals surface area contributed by atoms with Crippen LogP contribution in [0.1, 0.15) is 11.3 Å². The minimum Gasteiger partial charge on any atom is -0.502 e. The summed E-state index contributed by atoms with van der Waals surface area (Å²) in [7, 11) is 2.88. The van der Waals surface area contributed by atoms with Gasteiger partial charge in [-0.15, -0.1) is 0 Å². The molecule has 25 heavy (non-hydrogen) atoms. The van der Waals surface area contributed by atoms with Crippen LogP contribution in [-0.4, -0.2) is 52.6 Å². The lowest BCUT2D eigenvalue weighted by molar-refractivity contribution is -0.138. The van der Waals surface area contributed by atoms with Crippen molar-refractivity contribution in [2.45, 2.75) is 12.5 Å². The lowest BCUT2D eigenvalue weighted by Gasteiger charge is -2.09. The molecule has 132 valence electrons. The first-order chi connectivity index (χ1) is 12.0. The van der Waals surface area contributed by atoms with Crippen LogP contribution in [0.5, 0.6) is 17.2 Å². The number of benzene rings is 1. The summed E-state index contributed by atoms with van der Waals surface area (Å²) in [5.74, 6) is -0.550. The van der Waals surface area contributed by atoms with Crippen LogP contribution in [0.25, 0.3) is 6.08 Å². The zero-order valence-electron chi connectivity index (χ0n) is 13.8. The Bertz CT molecular complexity index is 744. The summed E-state index contributed by atoms with van der Waals surface area (Å²) in [5, 5.41) is 19.1. The average Bonchev–Trinajstić information content (AvgIpc) is 3.11. The summed E-state index contributed by atoms with van der Waals surface area (Å²) in [6.07, 6.45) is 8.00. The van der Waals surface area contributed by atoms with Gasteiger partial charge in [0.05, 0.1) is 20.5 Å². The van der Waals surface area contributed by atoms with E-state index in [1.165, 1.54) is 26.8 Å². The number of aromatic hydroxyl groups is 1. The minimum absolute atomic E-state index is 0.0821. The third kappa shape index (κ3) is 4.84. The van der Waals surface area contributed by atoms with Crippen LogP contribution in [0.15, 0.2) is 35.7 Å². The van der Waals surface area contributed by atoms with Gasteiger partial charge in [0, 0.05) is 24.5 Å². The monoisotopic (exact) mass is 345 g/mol. The third-order valence-electron chi connectivity index (χ3n) is 3.40. The van der Waals surface area contributed by atoms with E-state index < -0.39 is 12.0 Å². The van der Waals surface area contributed by atoms with Crippen molar-refractivity contribution in [2.24, 2.45) is 4.99 Å². The van der Waals surface area contributed by atoms with Gasteiger partial charge in [0.2, 0.25) is 5.75 Å². The van der Waals surface area contributed by atoms with Crippen LogP contribution >= 0.6 is 0 Å². The smallest absolute Gasteiger partial charge is 0.328 e. The van der Waals surface area contributed by atoms with Crippen LogP contribution in [0.3, 0.4) is 0 Å². The molecule has 0 saturated carbocycles. The zero-order chi connectivity index (χ0) is 18.2. The first-order valence-corrected chi connectivity index (χ1v) is 7.40. The number of carboxylic acid groups (broad SMARTS) is 1. The number of imidazole rings is 1. The van der Waals surface area contributed by atoms with Crippen LogP contribution < -0.4 is 9.47 Å². The quantitative estimate of drug-likeness (QED) is 0.629. The molecule has 1 atom stereocenters. The molecule has 0 saturated heterocycles. The average molecular weight is 345 g/mol. The van der Waals surface area contributed by atoms with E-state index in [1.807, 2.05) is 0 Å². The van der Waals surface area contributed by atoms with Gasteiger partial charge in [-0.2, -0.15) is 0 Å². The Labute approximate surface area is 144 Å². The molecule has 8 heteroatoms. The van der Waals surface area contributed by atoms with E-state index in [0.29, 0.717) is 11.3 Å². The molecule has 0 aliphatic carbocycles. The second-order valence-electron chi connectivity index (χ2n) is 5.07. The largest absolute Gasteiger partial charge is 0.502 e. The molecular weight excluding hydrogens is 326 g/mol. The van der Waals surface area contributed by atoms with Crippen LogP contribution in [0.2, 0.25) is 0 Å². The highest BCUT2D eigenvalue weighted by atomic mass is 16.5. The number of aliphatic carboxylic acids is 1. The number of aromatic nitrogens is 2. The van der Waals surface area contributed by atoms with Crippen molar-refractivity contribution in [3.63, 3.8) is 0 Å². The fraction of sp³-hybridized carbons (Fsp3) is 0.235. The van der Waals surface area contributed by atoms with Crippen molar-refractivity contribution in [1.82, 2.24) is 9.97 Å². The number of carbonyl (C=O) groups is 1. The Hall–Kier alpha value is -3.29. The molecule has 0 unspecified atom stereocenters. The predicted octanol–water partition coefficient (Wildman–Crippen LogP) is 1.91. The molecule has 1 aromatic heterocycles. The van der Waals surface area contributed by atoms with E-state index in [9.17, 15) is 15.0 Å². The molecule has 0 radical (unpaired) electrons. The second-order valence-corrected chi connectivity index (χ2v) is 5.07. The Kier molecular flexibility index (Phi) is 6.16. The van der Waals surface area contributed by atoms with Gasteiger partial charge in [-0.1, -0.05) is 6.08 Å². The van der Waals surface area contributed by atoms with Gasteiger partial charge in [0.15, 0.2) is 17.5 Å². The number of methoxy groups -OCH3 is 2. The van der Waals surface area contributed by atoms with Gasteiger partial charge < -0.3 is 24.7 Å². The van der Waals surface area contributed by atoms with Gasteiger partial charge in [0.25, 0.3) is 0 Å². The first-order valence-electron chi connectivity index (χ1n) is 7.40. The molecule has 0 aliphatic heterocycles.